The van der Waals surface area contributed by atoms with Crippen molar-refractivity contribution in [2.75, 3.05) is 36.5 Å². The van der Waals surface area contributed by atoms with Gasteiger partial charge in [-0.25, -0.2) is 4.79 Å². The number of amides is 1. The monoisotopic (exact) mass is 518 g/mol. The molecule has 3 fully saturated rings. The van der Waals surface area contributed by atoms with Gasteiger partial charge in [-0.15, -0.1) is 0 Å². The number of nitriles is 1. The van der Waals surface area contributed by atoms with Gasteiger partial charge in [0.25, 0.3) is 0 Å². The van der Waals surface area contributed by atoms with Crippen molar-refractivity contribution in [2.24, 2.45) is 5.92 Å². The molecule has 0 spiro atoms. The highest BCUT2D eigenvalue weighted by Crippen LogP contribution is 2.44. The number of carbonyl (C=O) groups excluding carboxylic acids is 1. The minimum absolute atomic E-state index is 0.100. The zero-order chi connectivity index (χ0) is 25.5. The zero-order valence-corrected chi connectivity index (χ0v) is 21.8. The molecule has 37 heavy (non-hydrogen) atoms. The van der Waals surface area contributed by atoms with Crippen molar-refractivity contribution in [3.8, 4) is 17.3 Å². The number of nitrogens with zero attached hydrogens (tertiary/aromatic N) is 3. The number of morpholine rings is 1. The Labute approximate surface area is 221 Å². The molecule has 0 bridgehead atoms. The van der Waals surface area contributed by atoms with Gasteiger partial charge >= 0.3 is 6.09 Å². The molecule has 1 N–H and O–H groups in total. The summed E-state index contributed by atoms with van der Waals surface area (Å²) in [6.45, 7) is 5.10. The summed E-state index contributed by atoms with van der Waals surface area (Å²) >= 11 is 6.65. The van der Waals surface area contributed by atoms with Gasteiger partial charge in [-0.05, 0) is 75.3 Å². The van der Waals surface area contributed by atoms with Gasteiger partial charge in [0, 0.05) is 35.8 Å². The number of ether oxygens (including phenoxy) is 2. The predicted molar refractivity (Wildman–Crippen MR) is 145 cm³/mol. The second-order valence-corrected chi connectivity index (χ2v) is 10.8. The van der Waals surface area contributed by atoms with Crippen molar-refractivity contribution in [1.29, 1.82) is 5.26 Å². The Morgan fingerprint density at radius 1 is 1.16 bits per heavy atom. The first-order valence-corrected chi connectivity index (χ1v) is 13.6. The topological polar surface area (TPSA) is 79.5 Å². The molecule has 1 atom stereocenters. The summed E-state index contributed by atoms with van der Waals surface area (Å²) in [5, 5.41) is 14.4. The van der Waals surface area contributed by atoms with Crippen LogP contribution in [-0.2, 0) is 9.47 Å². The molecule has 3 aliphatic rings. The van der Waals surface area contributed by atoms with E-state index in [9.17, 15) is 10.1 Å². The second kappa shape index (κ2) is 9.92. The average molecular weight is 519 g/mol. The van der Waals surface area contributed by atoms with E-state index in [2.05, 4.69) is 39.1 Å². The molecule has 7 nitrogen and oxygen atoms in total. The number of rotatable bonds is 6. The van der Waals surface area contributed by atoms with Crippen LogP contribution in [0.1, 0.15) is 50.6 Å². The van der Waals surface area contributed by atoms with Crippen LogP contribution in [0.5, 0.6) is 0 Å². The first-order valence-electron chi connectivity index (χ1n) is 13.2. The molecule has 1 saturated heterocycles. The number of benzene rings is 2. The molecule has 6 rings (SSSR count). The Kier molecular flexibility index (Phi) is 6.48. The Morgan fingerprint density at radius 2 is 1.95 bits per heavy atom. The summed E-state index contributed by atoms with van der Waals surface area (Å²) in [7, 11) is 0. The van der Waals surface area contributed by atoms with Crippen LogP contribution in [0.25, 0.3) is 22.2 Å². The zero-order valence-electron chi connectivity index (χ0n) is 21.0. The van der Waals surface area contributed by atoms with E-state index in [-0.39, 0.29) is 6.10 Å². The van der Waals surface area contributed by atoms with E-state index < -0.39 is 6.09 Å². The lowest BCUT2D eigenvalue weighted by Crippen LogP contribution is -2.36. The highest BCUT2D eigenvalue weighted by molar-refractivity contribution is 6.34. The van der Waals surface area contributed by atoms with Crippen LogP contribution in [0.4, 0.5) is 16.2 Å². The number of nitrogens with one attached hydrogen (secondary N) is 1. The SMILES string of the molecule is C[C@@H](OC(=O)Nc1ccc(-c2c(C#N)c3ccc(N4CCOCC4)cc3n2C2CCC2)cc1Cl)C1CC1. The van der Waals surface area contributed by atoms with Crippen molar-refractivity contribution < 1.29 is 14.3 Å². The van der Waals surface area contributed by atoms with Crippen LogP contribution in [0.3, 0.4) is 0 Å². The van der Waals surface area contributed by atoms with Gasteiger partial charge in [0.05, 0.1) is 40.7 Å². The summed E-state index contributed by atoms with van der Waals surface area (Å²) in [6.07, 6.45) is 4.97. The van der Waals surface area contributed by atoms with E-state index in [0.717, 1.165) is 79.8 Å². The quantitative estimate of drug-likeness (QED) is 0.391. The molecule has 0 radical (unpaired) electrons. The normalized spacial score (nSPS) is 18.8. The smallest absolute Gasteiger partial charge is 0.411 e. The number of hydrogen-bond donors (Lipinski definition) is 1. The van der Waals surface area contributed by atoms with Crippen molar-refractivity contribution in [3.05, 3.63) is 47.0 Å². The third kappa shape index (κ3) is 4.65. The Bertz CT molecular complexity index is 1380. The minimum Gasteiger partial charge on any atom is -0.446 e. The summed E-state index contributed by atoms with van der Waals surface area (Å²) in [5.41, 5.74) is 5.14. The highest BCUT2D eigenvalue weighted by atomic mass is 35.5. The Morgan fingerprint density at radius 3 is 2.59 bits per heavy atom. The van der Waals surface area contributed by atoms with Gasteiger partial charge in [-0.3, -0.25) is 5.32 Å². The first-order chi connectivity index (χ1) is 18.0. The molecular weight excluding hydrogens is 488 g/mol. The van der Waals surface area contributed by atoms with Crippen LogP contribution in [0.2, 0.25) is 5.02 Å². The van der Waals surface area contributed by atoms with Gasteiger partial charge in [0.2, 0.25) is 0 Å². The molecule has 2 saturated carbocycles. The molecular formula is C29H31ClN4O3. The van der Waals surface area contributed by atoms with Gasteiger partial charge in [0.1, 0.15) is 12.2 Å². The number of anilines is 2. The average Bonchev–Trinajstić information content (AvgIpc) is 3.68. The van der Waals surface area contributed by atoms with Crippen LogP contribution >= 0.6 is 11.6 Å². The number of hydrogen-bond acceptors (Lipinski definition) is 5. The summed E-state index contributed by atoms with van der Waals surface area (Å²) in [5.74, 6) is 0.463. The number of carbonyl (C=O) groups is 1. The summed E-state index contributed by atoms with van der Waals surface area (Å²) < 4.78 is 13.4. The maximum Gasteiger partial charge on any atom is 0.411 e. The molecule has 192 valence electrons. The van der Waals surface area contributed by atoms with Crippen LogP contribution in [0.15, 0.2) is 36.4 Å². The van der Waals surface area contributed by atoms with Crippen LogP contribution < -0.4 is 10.2 Å². The predicted octanol–water partition coefficient (Wildman–Crippen LogP) is 6.74. The largest absolute Gasteiger partial charge is 0.446 e. The third-order valence-electron chi connectivity index (χ3n) is 7.97. The van der Waals surface area contributed by atoms with Gasteiger partial charge in [-0.1, -0.05) is 17.7 Å². The molecule has 1 aliphatic heterocycles. The Balaban J connectivity index is 1.37. The van der Waals surface area contributed by atoms with Gasteiger partial charge in [-0.2, -0.15) is 5.26 Å². The van der Waals surface area contributed by atoms with E-state index in [1.807, 2.05) is 19.1 Å². The van der Waals surface area contributed by atoms with E-state index in [0.29, 0.717) is 28.2 Å². The lowest BCUT2D eigenvalue weighted by atomic mass is 9.92. The third-order valence-corrected chi connectivity index (χ3v) is 8.29. The van der Waals surface area contributed by atoms with E-state index in [4.69, 9.17) is 21.1 Å². The van der Waals surface area contributed by atoms with E-state index in [1.54, 1.807) is 6.07 Å². The van der Waals surface area contributed by atoms with Crippen molar-refractivity contribution in [3.63, 3.8) is 0 Å². The highest BCUT2D eigenvalue weighted by Gasteiger charge is 2.31. The van der Waals surface area contributed by atoms with Crippen LogP contribution in [0, 0.1) is 17.2 Å². The maximum atomic E-state index is 12.4. The lowest BCUT2D eigenvalue weighted by molar-refractivity contribution is 0.108. The molecule has 3 aromatic rings. The molecule has 2 aliphatic carbocycles. The second-order valence-electron chi connectivity index (χ2n) is 10.4. The molecule has 0 unspecified atom stereocenters. The summed E-state index contributed by atoms with van der Waals surface area (Å²) in [6, 6.07) is 14.8. The number of aromatic nitrogens is 1. The van der Waals surface area contributed by atoms with Crippen LogP contribution in [-0.4, -0.2) is 43.1 Å². The lowest BCUT2D eigenvalue weighted by Gasteiger charge is -2.31. The fourth-order valence-corrected chi connectivity index (χ4v) is 5.70. The summed E-state index contributed by atoms with van der Waals surface area (Å²) in [4.78, 5) is 14.7. The fourth-order valence-electron chi connectivity index (χ4n) is 5.47. The Hall–Kier alpha value is -3.21. The fraction of sp³-hybridized carbons (Fsp3) is 0.448. The van der Waals surface area contributed by atoms with E-state index in [1.165, 1.54) is 6.42 Å². The van der Waals surface area contributed by atoms with E-state index >= 15 is 0 Å². The maximum absolute atomic E-state index is 12.4. The van der Waals surface area contributed by atoms with Gasteiger partial charge < -0.3 is 18.9 Å². The minimum atomic E-state index is -0.494. The van der Waals surface area contributed by atoms with Crippen molar-refractivity contribution >= 4 is 40.0 Å². The molecule has 8 heteroatoms. The molecule has 2 aromatic carbocycles. The number of fused-ring (bicyclic) bond motifs is 1. The standard InChI is InChI=1S/C29H31ClN4O3/c1-18(19-5-6-19)37-29(35)32-26-10-7-20(15-25(26)30)28-24(17-31)23-9-8-22(33-11-13-36-14-12-33)16-27(23)34(28)21-3-2-4-21/h7-10,15-16,18-19,21H,2-6,11-14H2,1H3,(H,32,35)/t18-/m1/s1. The molecule has 1 aromatic heterocycles. The number of halogens is 1. The first kappa shape index (κ1) is 24.1. The van der Waals surface area contributed by atoms with Crippen molar-refractivity contribution in [1.82, 2.24) is 4.57 Å². The molecule has 2 heterocycles. The van der Waals surface area contributed by atoms with Gasteiger partial charge in [0.15, 0.2) is 0 Å². The molecule has 1 amide bonds. The van der Waals surface area contributed by atoms with Crippen molar-refractivity contribution in [2.45, 2.75) is 51.2 Å².